The van der Waals surface area contributed by atoms with Crippen LogP contribution in [0.1, 0.15) is 290 Å². The molecule has 0 rings (SSSR count). The molecule has 0 fully saturated rings. The summed E-state index contributed by atoms with van der Waals surface area (Å²) in [6.07, 6.45) is 80.7. The van der Waals surface area contributed by atoms with Gasteiger partial charge in [0.15, 0.2) is 6.10 Å². The summed E-state index contributed by atoms with van der Waals surface area (Å²) < 4.78 is 34.3. The Bertz CT molecular complexity index is 1610. The van der Waals surface area contributed by atoms with Gasteiger partial charge in [-0.05, 0) is 70.6 Å². The van der Waals surface area contributed by atoms with Crippen molar-refractivity contribution in [1.82, 2.24) is 0 Å². The lowest BCUT2D eigenvalue weighted by molar-refractivity contribution is -0.870. The second kappa shape index (κ2) is 59.8. The van der Waals surface area contributed by atoms with E-state index in [2.05, 4.69) is 98.9 Å². The van der Waals surface area contributed by atoms with E-state index in [1.54, 1.807) is 0 Å². The zero-order valence-corrected chi connectivity index (χ0v) is 52.9. The number of quaternary nitrogens is 1. The van der Waals surface area contributed by atoms with E-state index in [1.807, 2.05) is 21.1 Å². The van der Waals surface area contributed by atoms with E-state index >= 15 is 0 Å². The van der Waals surface area contributed by atoms with Crippen LogP contribution in [0.15, 0.2) is 85.1 Å². The van der Waals surface area contributed by atoms with Crippen molar-refractivity contribution in [2.45, 2.75) is 296 Å². The highest BCUT2D eigenvalue weighted by atomic mass is 31.2. The zero-order chi connectivity index (χ0) is 57.7. The highest BCUT2D eigenvalue weighted by molar-refractivity contribution is 7.45. The Hall–Kier alpha value is -2.81. The van der Waals surface area contributed by atoms with Gasteiger partial charge in [0, 0.05) is 12.8 Å². The van der Waals surface area contributed by atoms with Crippen molar-refractivity contribution >= 4 is 19.8 Å². The van der Waals surface area contributed by atoms with E-state index in [4.69, 9.17) is 18.5 Å². The molecule has 10 heteroatoms. The first kappa shape index (κ1) is 76.2. The molecular formula is C69H124NO8P. The van der Waals surface area contributed by atoms with Crippen molar-refractivity contribution in [3.63, 3.8) is 0 Å². The lowest BCUT2D eigenvalue weighted by Crippen LogP contribution is -2.37. The molecule has 0 heterocycles. The van der Waals surface area contributed by atoms with E-state index < -0.39 is 26.5 Å². The summed E-state index contributed by atoms with van der Waals surface area (Å²) in [6, 6.07) is 0. The van der Waals surface area contributed by atoms with E-state index in [9.17, 15) is 19.0 Å². The van der Waals surface area contributed by atoms with Crippen molar-refractivity contribution in [2.75, 3.05) is 47.5 Å². The maximum absolute atomic E-state index is 12.8. The summed E-state index contributed by atoms with van der Waals surface area (Å²) in [7, 11) is 1.16. The fraction of sp³-hybridized carbons (Fsp3) is 0.768. The molecule has 0 aliphatic carbocycles. The van der Waals surface area contributed by atoms with Crippen LogP contribution in [-0.4, -0.2) is 70.0 Å². The Kier molecular flexibility index (Phi) is 57.7. The Morgan fingerprint density at radius 3 is 1.08 bits per heavy atom. The van der Waals surface area contributed by atoms with Gasteiger partial charge in [0.05, 0.1) is 27.7 Å². The van der Waals surface area contributed by atoms with Gasteiger partial charge in [0.25, 0.3) is 7.82 Å². The zero-order valence-electron chi connectivity index (χ0n) is 52.1. The molecule has 0 aliphatic rings. The number of hydrogen-bond donors (Lipinski definition) is 0. The van der Waals surface area contributed by atoms with Gasteiger partial charge in [0.1, 0.15) is 19.8 Å². The molecule has 9 nitrogen and oxygen atoms in total. The number of unbranched alkanes of at least 4 members (excludes halogenated alkanes) is 32. The SMILES string of the molecule is CC/C=C\C/C=C\C/C=C\C/C=C\C/C=C\C/C=C\C/C=C\CCCCCCCCCCCC(=O)OC(COC(=O)CCCCCCCCCCCCCCCCCCCCCCCCCC)COP(=O)([O-])OCC[N+](C)(C)C. The highest BCUT2D eigenvalue weighted by Crippen LogP contribution is 2.38. The molecule has 0 aliphatic heterocycles. The molecular weight excluding hydrogens is 1000 g/mol. The van der Waals surface area contributed by atoms with Crippen LogP contribution in [0.25, 0.3) is 0 Å². The number of ether oxygens (including phenoxy) is 2. The van der Waals surface area contributed by atoms with E-state index in [0.29, 0.717) is 17.4 Å². The second-order valence-corrected chi connectivity index (χ2v) is 24.5. The van der Waals surface area contributed by atoms with Gasteiger partial charge in [-0.2, -0.15) is 0 Å². The quantitative estimate of drug-likeness (QED) is 0.0195. The maximum atomic E-state index is 12.8. The van der Waals surface area contributed by atoms with Crippen LogP contribution in [0.5, 0.6) is 0 Å². The highest BCUT2D eigenvalue weighted by Gasteiger charge is 2.22. The molecule has 0 saturated heterocycles. The Balaban J connectivity index is 4.12. The van der Waals surface area contributed by atoms with Crippen LogP contribution >= 0.6 is 7.82 Å². The fourth-order valence-electron chi connectivity index (χ4n) is 9.17. The molecule has 0 spiro atoms. The van der Waals surface area contributed by atoms with Crippen LogP contribution < -0.4 is 4.89 Å². The number of nitrogens with zero attached hydrogens (tertiary/aromatic N) is 1. The Morgan fingerprint density at radius 2 is 0.722 bits per heavy atom. The van der Waals surface area contributed by atoms with Crippen LogP contribution in [0.3, 0.4) is 0 Å². The van der Waals surface area contributed by atoms with Crippen LogP contribution in [-0.2, 0) is 32.7 Å². The summed E-state index contributed by atoms with van der Waals surface area (Å²) in [5.74, 6) is -0.832. The van der Waals surface area contributed by atoms with Gasteiger partial charge < -0.3 is 27.9 Å². The molecule has 0 saturated carbocycles. The molecule has 0 radical (unpaired) electrons. The minimum absolute atomic E-state index is 0.0340. The van der Waals surface area contributed by atoms with E-state index in [1.165, 1.54) is 167 Å². The summed E-state index contributed by atoms with van der Waals surface area (Å²) in [6.45, 7) is 4.15. The van der Waals surface area contributed by atoms with Gasteiger partial charge in [-0.3, -0.25) is 14.2 Å². The van der Waals surface area contributed by atoms with Crippen molar-refractivity contribution in [1.29, 1.82) is 0 Å². The number of carbonyl (C=O) groups excluding carboxylic acids is 2. The van der Waals surface area contributed by atoms with Crippen molar-refractivity contribution < 1.29 is 42.1 Å². The predicted molar refractivity (Wildman–Crippen MR) is 337 cm³/mol. The third-order valence-electron chi connectivity index (χ3n) is 14.2. The lowest BCUT2D eigenvalue weighted by Gasteiger charge is -2.28. The minimum atomic E-state index is -4.64. The number of phosphoric acid groups is 1. The molecule has 0 aromatic rings. The molecule has 0 aromatic heterocycles. The third kappa shape index (κ3) is 64.2. The van der Waals surface area contributed by atoms with Gasteiger partial charge in [-0.15, -0.1) is 0 Å². The summed E-state index contributed by atoms with van der Waals surface area (Å²) in [4.78, 5) is 38.0. The topological polar surface area (TPSA) is 111 Å². The number of allylic oxidation sites excluding steroid dienone is 14. The van der Waals surface area contributed by atoms with Crippen LogP contribution in [0.2, 0.25) is 0 Å². The third-order valence-corrected chi connectivity index (χ3v) is 15.1. The molecule has 79 heavy (non-hydrogen) atoms. The normalized spacial score (nSPS) is 13.7. The van der Waals surface area contributed by atoms with Gasteiger partial charge in [0.2, 0.25) is 0 Å². The predicted octanol–water partition coefficient (Wildman–Crippen LogP) is 20.4. The Labute approximate surface area is 488 Å². The number of hydrogen-bond acceptors (Lipinski definition) is 8. The van der Waals surface area contributed by atoms with Crippen LogP contribution in [0.4, 0.5) is 0 Å². The van der Waals surface area contributed by atoms with E-state index in [-0.39, 0.29) is 32.0 Å². The van der Waals surface area contributed by atoms with Crippen LogP contribution in [0, 0.1) is 0 Å². The Morgan fingerprint density at radius 1 is 0.405 bits per heavy atom. The monoisotopic (exact) mass is 1130 g/mol. The summed E-state index contributed by atoms with van der Waals surface area (Å²) in [5, 5.41) is 0. The van der Waals surface area contributed by atoms with Gasteiger partial charge >= 0.3 is 11.9 Å². The summed E-state index contributed by atoms with van der Waals surface area (Å²) >= 11 is 0. The molecule has 0 N–H and O–H groups in total. The number of carbonyl (C=O) groups is 2. The maximum Gasteiger partial charge on any atom is 0.306 e. The molecule has 0 bridgehead atoms. The van der Waals surface area contributed by atoms with E-state index in [0.717, 1.165) is 89.9 Å². The van der Waals surface area contributed by atoms with Crippen molar-refractivity contribution in [3.05, 3.63) is 85.1 Å². The first-order chi connectivity index (χ1) is 38.5. The molecule has 0 aromatic carbocycles. The average molecular weight is 1130 g/mol. The number of esters is 2. The number of phosphoric ester groups is 1. The molecule has 458 valence electrons. The van der Waals surface area contributed by atoms with Gasteiger partial charge in [-0.25, -0.2) is 0 Å². The largest absolute Gasteiger partial charge is 0.756 e. The van der Waals surface area contributed by atoms with Gasteiger partial charge in [-0.1, -0.05) is 292 Å². The smallest absolute Gasteiger partial charge is 0.306 e. The molecule has 2 atom stereocenters. The first-order valence-corrected chi connectivity index (χ1v) is 34.3. The number of rotatable bonds is 60. The average Bonchev–Trinajstić information content (AvgIpc) is 3.41. The first-order valence-electron chi connectivity index (χ1n) is 32.8. The van der Waals surface area contributed by atoms with Crippen molar-refractivity contribution in [2.24, 2.45) is 0 Å². The molecule has 2 unspecified atom stereocenters. The van der Waals surface area contributed by atoms with Crippen molar-refractivity contribution in [3.8, 4) is 0 Å². The summed E-state index contributed by atoms with van der Waals surface area (Å²) in [5.41, 5.74) is 0. The standard InChI is InChI=1S/C69H124NO8P/c1-6-8-10-12-14-16-18-20-22-24-26-28-30-32-33-34-35-36-37-38-40-42-44-46-48-50-52-54-56-58-60-62-69(72)78-67(66-77-79(73,74)76-64-63-70(3,4)5)65-75-68(71)61-59-57-55-53-51-49-47-45-43-41-39-31-29-27-25-23-21-19-17-15-13-11-9-7-2/h8,10,14,16,20,22,26,28,32-33,35-36,38,40,67H,6-7,9,11-13,15,17-19,21,23-25,27,29-31,34,37,39,41-66H2,1-5H3/b10-8-,16-14-,22-20-,28-26-,33-32-,36-35-,40-38-. The number of likely N-dealkylation sites (N-methyl/N-ethyl adjacent to an activating group) is 1. The lowest BCUT2D eigenvalue weighted by atomic mass is 10.0. The second-order valence-electron chi connectivity index (χ2n) is 23.1. The fourth-order valence-corrected chi connectivity index (χ4v) is 9.90. The minimum Gasteiger partial charge on any atom is -0.756 e. The molecule has 0 amide bonds.